The van der Waals surface area contributed by atoms with Gasteiger partial charge in [0.25, 0.3) is 5.91 Å². The number of nitrogens with zero attached hydrogens (tertiary/aromatic N) is 2. The number of alkyl halides is 1. The lowest BCUT2D eigenvalue weighted by atomic mass is 10.0. The van der Waals surface area contributed by atoms with Crippen LogP contribution in [0.2, 0.25) is 0 Å². The molecule has 0 saturated heterocycles. The fraction of sp³-hybridized carbons (Fsp3) is 0.125. The maximum atomic E-state index is 13.4. The fourth-order valence-electron chi connectivity index (χ4n) is 1.13. The zero-order valence-corrected chi connectivity index (χ0v) is 7.95. The number of halogens is 2. The molecule has 0 aromatic carbocycles. The maximum Gasteiger partial charge on any atom is 0.283 e. The molecular weight excluding hydrogens is 239 g/mol. The van der Waals surface area contributed by atoms with Crippen LogP contribution in [0.1, 0.15) is 0 Å². The lowest BCUT2D eigenvalue weighted by Gasteiger charge is -2.15. The van der Waals surface area contributed by atoms with Crippen LogP contribution in [-0.2, 0) is 4.79 Å². The number of fused-ring (bicyclic) bond motifs is 1. The Kier molecular flexibility index (Phi) is 1.95. The third-order valence-electron chi connectivity index (χ3n) is 1.75. The molecule has 1 aliphatic carbocycles. The molecule has 0 N–H and O–H groups in total. The first kappa shape index (κ1) is 8.50. The highest BCUT2D eigenvalue weighted by molar-refractivity contribution is 9.09. The highest BCUT2D eigenvalue weighted by Gasteiger charge is 2.27. The molecule has 3 nitrogen and oxygen atoms in total. The molecule has 1 heterocycles. The SMILES string of the molecule is O=C1N=CN=C2C=CC(Br)C(F)=C12. The molecule has 0 aromatic heterocycles. The van der Waals surface area contributed by atoms with Crippen LogP contribution in [-0.4, -0.2) is 22.8 Å². The summed E-state index contributed by atoms with van der Waals surface area (Å²) in [4.78, 5) is 17.8. The van der Waals surface area contributed by atoms with Crippen molar-refractivity contribution in [2.75, 3.05) is 0 Å². The fourth-order valence-corrected chi connectivity index (χ4v) is 1.51. The van der Waals surface area contributed by atoms with Crippen molar-refractivity contribution < 1.29 is 9.18 Å². The van der Waals surface area contributed by atoms with Gasteiger partial charge >= 0.3 is 0 Å². The van der Waals surface area contributed by atoms with Crippen molar-refractivity contribution in [3.63, 3.8) is 0 Å². The number of hydrogen-bond acceptors (Lipinski definition) is 2. The lowest BCUT2D eigenvalue weighted by Crippen LogP contribution is -2.21. The van der Waals surface area contributed by atoms with Gasteiger partial charge in [0.15, 0.2) is 0 Å². The van der Waals surface area contributed by atoms with Gasteiger partial charge in [0.2, 0.25) is 0 Å². The predicted molar refractivity (Wildman–Crippen MR) is 50.9 cm³/mol. The first-order valence-corrected chi connectivity index (χ1v) is 4.48. The Hall–Kier alpha value is -1.10. The van der Waals surface area contributed by atoms with Crippen LogP contribution < -0.4 is 0 Å². The molecule has 2 rings (SSSR count). The second kappa shape index (κ2) is 2.99. The zero-order valence-electron chi connectivity index (χ0n) is 6.37. The molecule has 0 spiro atoms. The Bertz CT molecular complexity index is 395. The number of aliphatic imine (C=N–C) groups is 2. The van der Waals surface area contributed by atoms with Crippen LogP contribution in [0.5, 0.6) is 0 Å². The van der Waals surface area contributed by atoms with E-state index in [1.54, 1.807) is 12.2 Å². The molecule has 1 aliphatic heterocycles. The number of carbonyl (C=O) groups excluding carboxylic acids is 1. The molecule has 2 aliphatic rings. The van der Waals surface area contributed by atoms with Crippen LogP contribution in [0.4, 0.5) is 4.39 Å². The molecule has 13 heavy (non-hydrogen) atoms. The number of amides is 1. The standard InChI is InChI=1S/C8H4BrFN2O/c9-4-1-2-5-6(7(4)10)8(13)12-3-11-5/h1-4H. The number of hydrogen-bond donors (Lipinski definition) is 0. The molecule has 0 bridgehead atoms. The summed E-state index contributed by atoms with van der Waals surface area (Å²) in [6.45, 7) is 0. The van der Waals surface area contributed by atoms with Gasteiger partial charge in [0, 0.05) is 0 Å². The quantitative estimate of drug-likeness (QED) is 0.595. The minimum atomic E-state index is -0.573. The Morgan fingerprint density at radius 3 is 3.08 bits per heavy atom. The van der Waals surface area contributed by atoms with Crippen molar-refractivity contribution in [1.29, 1.82) is 0 Å². The van der Waals surface area contributed by atoms with Crippen molar-refractivity contribution in [1.82, 2.24) is 0 Å². The highest BCUT2D eigenvalue weighted by Crippen LogP contribution is 2.26. The third-order valence-corrected chi connectivity index (χ3v) is 2.45. The molecular formula is C8H4BrFN2O. The van der Waals surface area contributed by atoms with E-state index >= 15 is 0 Å². The predicted octanol–water partition coefficient (Wildman–Crippen LogP) is 1.55. The summed E-state index contributed by atoms with van der Waals surface area (Å²) in [5.74, 6) is -1.10. The number of carbonyl (C=O) groups is 1. The number of rotatable bonds is 0. The lowest BCUT2D eigenvalue weighted by molar-refractivity contribution is -0.114. The van der Waals surface area contributed by atoms with Crippen LogP contribution in [0, 0.1) is 0 Å². The Balaban J connectivity index is 2.57. The molecule has 0 saturated carbocycles. The van der Waals surface area contributed by atoms with E-state index in [4.69, 9.17) is 0 Å². The van der Waals surface area contributed by atoms with Gasteiger partial charge in [0.05, 0.1) is 10.5 Å². The van der Waals surface area contributed by atoms with E-state index in [9.17, 15) is 9.18 Å². The van der Waals surface area contributed by atoms with E-state index in [0.717, 1.165) is 6.34 Å². The van der Waals surface area contributed by atoms with Crippen LogP contribution in [0.3, 0.4) is 0 Å². The Labute approximate surface area is 81.9 Å². The summed E-state index contributed by atoms with van der Waals surface area (Å²) in [5.41, 5.74) is 0.306. The van der Waals surface area contributed by atoms with Crippen molar-refractivity contribution in [2.45, 2.75) is 4.83 Å². The molecule has 1 unspecified atom stereocenters. The molecule has 0 radical (unpaired) electrons. The summed E-state index contributed by atoms with van der Waals surface area (Å²) in [6.07, 6.45) is 4.32. The van der Waals surface area contributed by atoms with E-state index in [2.05, 4.69) is 25.9 Å². The van der Waals surface area contributed by atoms with Gasteiger partial charge in [0.1, 0.15) is 17.7 Å². The number of allylic oxidation sites excluding steroid dienone is 3. The molecule has 0 aromatic rings. The largest absolute Gasteiger partial charge is 0.283 e. The summed E-state index contributed by atoms with van der Waals surface area (Å²) in [7, 11) is 0. The van der Waals surface area contributed by atoms with Gasteiger partial charge in [-0.1, -0.05) is 22.0 Å². The topological polar surface area (TPSA) is 41.8 Å². The van der Waals surface area contributed by atoms with E-state index in [1.165, 1.54) is 0 Å². The summed E-state index contributed by atoms with van der Waals surface area (Å²) in [6, 6.07) is 0. The highest BCUT2D eigenvalue weighted by atomic mass is 79.9. The summed E-state index contributed by atoms with van der Waals surface area (Å²) < 4.78 is 13.4. The van der Waals surface area contributed by atoms with Crippen LogP contribution >= 0.6 is 15.9 Å². The van der Waals surface area contributed by atoms with Crippen LogP contribution in [0.25, 0.3) is 0 Å². The molecule has 1 atom stereocenters. The van der Waals surface area contributed by atoms with Gasteiger partial charge in [-0.2, -0.15) is 4.99 Å². The smallest absolute Gasteiger partial charge is 0.267 e. The third kappa shape index (κ3) is 1.29. The minimum Gasteiger partial charge on any atom is -0.267 e. The maximum absolute atomic E-state index is 13.4. The summed E-state index contributed by atoms with van der Waals surface area (Å²) in [5, 5.41) is 0. The van der Waals surface area contributed by atoms with Crippen LogP contribution in [0.15, 0.2) is 33.5 Å². The molecule has 0 fully saturated rings. The van der Waals surface area contributed by atoms with Crippen molar-refractivity contribution in [3.05, 3.63) is 23.6 Å². The first-order valence-electron chi connectivity index (χ1n) is 3.57. The van der Waals surface area contributed by atoms with E-state index in [0.29, 0.717) is 5.71 Å². The zero-order chi connectivity index (χ0) is 9.42. The van der Waals surface area contributed by atoms with Crippen molar-refractivity contribution >= 4 is 33.9 Å². The normalized spacial score (nSPS) is 26.2. The molecule has 66 valence electrons. The van der Waals surface area contributed by atoms with Gasteiger partial charge in [-0.25, -0.2) is 9.38 Å². The molecule has 1 amide bonds. The second-order valence-electron chi connectivity index (χ2n) is 2.55. The van der Waals surface area contributed by atoms with Crippen molar-refractivity contribution in [2.24, 2.45) is 9.98 Å². The average Bonchev–Trinajstić information content (AvgIpc) is 2.12. The Morgan fingerprint density at radius 1 is 1.54 bits per heavy atom. The monoisotopic (exact) mass is 242 g/mol. The minimum absolute atomic E-state index is 0.0353. The van der Waals surface area contributed by atoms with Gasteiger partial charge in [-0.3, -0.25) is 4.79 Å². The van der Waals surface area contributed by atoms with E-state index < -0.39 is 16.6 Å². The van der Waals surface area contributed by atoms with Gasteiger partial charge < -0.3 is 0 Å². The van der Waals surface area contributed by atoms with E-state index in [-0.39, 0.29) is 5.57 Å². The summed E-state index contributed by atoms with van der Waals surface area (Å²) >= 11 is 3.06. The second-order valence-corrected chi connectivity index (χ2v) is 3.53. The Morgan fingerprint density at radius 2 is 2.31 bits per heavy atom. The first-order chi connectivity index (χ1) is 6.20. The molecule has 5 heteroatoms. The van der Waals surface area contributed by atoms with Gasteiger partial charge in [-0.15, -0.1) is 0 Å². The van der Waals surface area contributed by atoms with E-state index in [1.807, 2.05) is 0 Å². The van der Waals surface area contributed by atoms with Gasteiger partial charge in [-0.05, 0) is 6.08 Å². The van der Waals surface area contributed by atoms with Crippen molar-refractivity contribution in [3.8, 4) is 0 Å². The average molecular weight is 243 g/mol.